The van der Waals surface area contributed by atoms with Crippen molar-refractivity contribution in [3.8, 4) is 5.75 Å². The molecule has 0 bridgehead atoms. The largest absolute Gasteiger partial charge is 0.459 e. The summed E-state index contributed by atoms with van der Waals surface area (Å²) < 4.78 is 43.2. The normalized spacial score (nSPS) is 12.2. The molecule has 0 amide bonds. The summed E-state index contributed by atoms with van der Waals surface area (Å²) in [6.45, 7) is 3.86. The summed E-state index contributed by atoms with van der Waals surface area (Å²) in [6, 6.07) is 11.2. The molecule has 0 aliphatic carbocycles. The first-order chi connectivity index (χ1) is 13.3. The van der Waals surface area contributed by atoms with Crippen molar-refractivity contribution in [2.45, 2.75) is 44.1 Å². The number of carbonyl (C=O) groups excluding carboxylic acids is 2. The third-order valence-electron chi connectivity index (χ3n) is 4.01. The molecule has 0 spiro atoms. The molecule has 0 aliphatic heterocycles. The van der Waals surface area contributed by atoms with Crippen LogP contribution in [-0.4, -0.2) is 31.0 Å². The Hall–Kier alpha value is -2.71. The molecule has 150 valence electrons. The Morgan fingerprint density at radius 3 is 2.25 bits per heavy atom. The second-order valence-electron chi connectivity index (χ2n) is 6.12. The Bertz CT molecular complexity index is 936. The Balaban J connectivity index is 2.35. The summed E-state index contributed by atoms with van der Waals surface area (Å²) in [7, 11) is -4.67. The standard InChI is InChI=1S/C20H22O7S/c1-3-8-16(4-2)26-20(22)15-11-12-18(28(23,24)25)17(13-15)27-19(21)14-9-6-5-7-10-14/h5-7,9-13,16H,3-4,8H2,1-2H3,(H,23,24,25). The van der Waals surface area contributed by atoms with Gasteiger partial charge in [0, 0.05) is 0 Å². The summed E-state index contributed by atoms with van der Waals surface area (Å²) in [6.07, 6.45) is 1.90. The van der Waals surface area contributed by atoms with Crippen LogP contribution < -0.4 is 4.74 Å². The van der Waals surface area contributed by atoms with E-state index < -0.39 is 32.7 Å². The smallest absolute Gasteiger partial charge is 0.343 e. The van der Waals surface area contributed by atoms with E-state index in [2.05, 4.69) is 0 Å². The number of rotatable bonds is 8. The van der Waals surface area contributed by atoms with Crippen molar-refractivity contribution >= 4 is 22.1 Å². The number of benzene rings is 2. The molecular formula is C20H22O7S. The van der Waals surface area contributed by atoms with Gasteiger partial charge in [-0.3, -0.25) is 4.55 Å². The van der Waals surface area contributed by atoms with Gasteiger partial charge in [0.25, 0.3) is 10.1 Å². The molecule has 2 aromatic carbocycles. The van der Waals surface area contributed by atoms with E-state index in [1.54, 1.807) is 18.2 Å². The molecule has 2 aromatic rings. The van der Waals surface area contributed by atoms with E-state index in [0.717, 1.165) is 18.6 Å². The zero-order chi connectivity index (χ0) is 20.7. The SMILES string of the molecule is CCCC(CC)OC(=O)c1ccc(S(=O)(=O)O)c(OC(=O)c2ccccc2)c1. The Labute approximate surface area is 164 Å². The fraction of sp³-hybridized carbons (Fsp3) is 0.300. The lowest BCUT2D eigenvalue weighted by atomic mass is 10.1. The zero-order valence-corrected chi connectivity index (χ0v) is 16.4. The van der Waals surface area contributed by atoms with Gasteiger partial charge in [-0.15, -0.1) is 0 Å². The minimum atomic E-state index is -4.67. The van der Waals surface area contributed by atoms with Gasteiger partial charge in [0.15, 0.2) is 5.75 Å². The predicted octanol–water partition coefficient (Wildman–Crippen LogP) is 3.89. The van der Waals surface area contributed by atoms with E-state index in [0.29, 0.717) is 12.8 Å². The average molecular weight is 406 g/mol. The summed E-state index contributed by atoms with van der Waals surface area (Å²) >= 11 is 0. The lowest BCUT2D eigenvalue weighted by molar-refractivity contribution is 0.0270. The molecule has 0 saturated heterocycles. The van der Waals surface area contributed by atoms with Crippen molar-refractivity contribution in [3.05, 3.63) is 59.7 Å². The Kier molecular flexibility index (Phi) is 7.31. The van der Waals surface area contributed by atoms with Crippen LogP contribution in [0.1, 0.15) is 53.8 Å². The van der Waals surface area contributed by atoms with Crippen LogP contribution in [0.3, 0.4) is 0 Å². The molecule has 0 fully saturated rings. The zero-order valence-electron chi connectivity index (χ0n) is 15.6. The summed E-state index contributed by atoms with van der Waals surface area (Å²) in [5.41, 5.74) is 0.198. The van der Waals surface area contributed by atoms with E-state index in [1.807, 2.05) is 13.8 Å². The number of carbonyl (C=O) groups is 2. The first kappa shape index (κ1) is 21.6. The lowest BCUT2D eigenvalue weighted by Gasteiger charge is -2.16. The molecule has 0 aliphatic rings. The van der Waals surface area contributed by atoms with Crippen molar-refractivity contribution in [2.24, 2.45) is 0 Å². The van der Waals surface area contributed by atoms with Crippen LogP contribution in [-0.2, 0) is 14.9 Å². The first-order valence-electron chi connectivity index (χ1n) is 8.86. The number of hydrogen-bond acceptors (Lipinski definition) is 6. The fourth-order valence-corrected chi connectivity index (χ4v) is 3.14. The van der Waals surface area contributed by atoms with Crippen LogP contribution in [0, 0.1) is 0 Å². The van der Waals surface area contributed by atoms with Crippen LogP contribution in [0.2, 0.25) is 0 Å². The monoisotopic (exact) mass is 406 g/mol. The van der Waals surface area contributed by atoms with E-state index in [9.17, 15) is 22.6 Å². The van der Waals surface area contributed by atoms with Gasteiger partial charge >= 0.3 is 11.9 Å². The average Bonchev–Trinajstić information content (AvgIpc) is 2.67. The maximum atomic E-state index is 12.4. The number of hydrogen-bond donors (Lipinski definition) is 1. The third kappa shape index (κ3) is 5.64. The van der Waals surface area contributed by atoms with E-state index in [1.165, 1.54) is 18.2 Å². The van der Waals surface area contributed by atoms with Gasteiger partial charge in [-0.25, -0.2) is 9.59 Å². The summed E-state index contributed by atoms with van der Waals surface area (Å²) in [5, 5.41) is 0. The summed E-state index contributed by atoms with van der Waals surface area (Å²) in [5.74, 6) is -1.94. The molecule has 0 radical (unpaired) electrons. The molecule has 0 heterocycles. The van der Waals surface area contributed by atoms with Crippen LogP contribution >= 0.6 is 0 Å². The molecule has 7 nitrogen and oxygen atoms in total. The highest BCUT2D eigenvalue weighted by molar-refractivity contribution is 7.86. The Morgan fingerprint density at radius 1 is 1.00 bits per heavy atom. The molecule has 2 rings (SSSR count). The van der Waals surface area contributed by atoms with Crippen molar-refractivity contribution in [2.75, 3.05) is 0 Å². The van der Waals surface area contributed by atoms with Gasteiger partial charge in [0.05, 0.1) is 11.1 Å². The van der Waals surface area contributed by atoms with Crippen LogP contribution in [0.15, 0.2) is 53.4 Å². The second-order valence-corrected chi connectivity index (χ2v) is 7.51. The van der Waals surface area contributed by atoms with Crippen molar-refractivity contribution in [1.82, 2.24) is 0 Å². The highest BCUT2D eigenvalue weighted by Crippen LogP contribution is 2.27. The molecule has 0 aromatic heterocycles. The van der Waals surface area contributed by atoms with Gasteiger partial charge in [0.2, 0.25) is 0 Å². The minimum Gasteiger partial charge on any atom is -0.459 e. The maximum Gasteiger partial charge on any atom is 0.343 e. The fourth-order valence-electron chi connectivity index (χ4n) is 2.55. The Morgan fingerprint density at radius 2 is 1.68 bits per heavy atom. The molecule has 1 N–H and O–H groups in total. The van der Waals surface area contributed by atoms with E-state index >= 15 is 0 Å². The van der Waals surface area contributed by atoms with Crippen molar-refractivity contribution < 1.29 is 32.0 Å². The van der Waals surface area contributed by atoms with Gasteiger partial charge in [0.1, 0.15) is 11.0 Å². The van der Waals surface area contributed by atoms with Gasteiger partial charge in [-0.2, -0.15) is 8.42 Å². The van der Waals surface area contributed by atoms with Crippen LogP contribution in [0.5, 0.6) is 5.75 Å². The second kappa shape index (κ2) is 9.48. The predicted molar refractivity (Wildman–Crippen MR) is 102 cm³/mol. The molecule has 1 atom stereocenters. The first-order valence-corrected chi connectivity index (χ1v) is 10.3. The maximum absolute atomic E-state index is 12.4. The molecule has 0 saturated carbocycles. The summed E-state index contributed by atoms with van der Waals surface area (Å²) in [4.78, 5) is 24.0. The molecule has 28 heavy (non-hydrogen) atoms. The van der Waals surface area contributed by atoms with Crippen LogP contribution in [0.4, 0.5) is 0 Å². The van der Waals surface area contributed by atoms with E-state index in [-0.39, 0.29) is 17.2 Å². The van der Waals surface area contributed by atoms with Crippen LogP contribution in [0.25, 0.3) is 0 Å². The van der Waals surface area contributed by atoms with Crippen molar-refractivity contribution in [1.29, 1.82) is 0 Å². The minimum absolute atomic E-state index is 0.0119. The molecule has 1 unspecified atom stereocenters. The third-order valence-corrected chi connectivity index (χ3v) is 4.90. The molecular weight excluding hydrogens is 384 g/mol. The quantitative estimate of drug-likeness (QED) is 0.403. The van der Waals surface area contributed by atoms with Crippen molar-refractivity contribution in [3.63, 3.8) is 0 Å². The van der Waals surface area contributed by atoms with Gasteiger partial charge in [-0.1, -0.05) is 38.5 Å². The van der Waals surface area contributed by atoms with Gasteiger partial charge in [-0.05, 0) is 43.2 Å². The van der Waals surface area contributed by atoms with Gasteiger partial charge < -0.3 is 9.47 Å². The van der Waals surface area contributed by atoms with E-state index in [4.69, 9.17) is 9.47 Å². The number of ether oxygens (including phenoxy) is 2. The topological polar surface area (TPSA) is 107 Å². The number of esters is 2. The highest BCUT2D eigenvalue weighted by atomic mass is 32.2. The lowest BCUT2D eigenvalue weighted by Crippen LogP contribution is -2.18. The highest BCUT2D eigenvalue weighted by Gasteiger charge is 2.23. The molecule has 8 heteroatoms.